The molecule has 3 nitrogen and oxygen atoms in total. The van der Waals surface area contributed by atoms with Gasteiger partial charge in [-0.15, -0.1) is 0 Å². The quantitative estimate of drug-likeness (QED) is 0.354. The van der Waals surface area contributed by atoms with E-state index in [2.05, 4.69) is 4.74 Å². The van der Waals surface area contributed by atoms with Crippen LogP contribution in [0, 0.1) is 0 Å². The molecule has 1 aromatic carbocycles. The Labute approximate surface area is 71.9 Å². The fourth-order valence-electron chi connectivity index (χ4n) is 0.877. The van der Waals surface area contributed by atoms with Crippen LogP contribution in [-0.2, 0) is 4.74 Å². The first-order valence-corrected chi connectivity index (χ1v) is 3.38. The molecule has 60 valence electrons. The minimum absolute atomic E-state index is 0.335. The number of esters is 1. The van der Waals surface area contributed by atoms with Gasteiger partial charge in [0.1, 0.15) is 7.85 Å². The number of nitrogen functional groups attached to an aromatic ring is 1. The van der Waals surface area contributed by atoms with Gasteiger partial charge in [0.2, 0.25) is 0 Å². The molecule has 0 aliphatic carbocycles. The van der Waals surface area contributed by atoms with Crippen LogP contribution in [0.3, 0.4) is 0 Å². The first-order valence-electron chi connectivity index (χ1n) is 3.38. The Balaban J connectivity index is 3.09. The summed E-state index contributed by atoms with van der Waals surface area (Å²) in [6, 6.07) is 4.66. The molecule has 0 atom stereocenters. The van der Waals surface area contributed by atoms with Crippen LogP contribution in [0.1, 0.15) is 10.4 Å². The number of carbonyl (C=O) groups is 1. The zero-order valence-corrected chi connectivity index (χ0v) is 6.70. The first-order chi connectivity index (χ1) is 5.65. The summed E-state index contributed by atoms with van der Waals surface area (Å²) in [5.74, 6) is -0.451. The molecule has 0 saturated heterocycles. The van der Waals surface area contributed by atoms with Crippen LogP contribution in [-0.4, -0.2) is 20.9 Å². The highest BCUT2D eigenvalue weighted by Gasteiger charge is 2.08. The molecule has 1 rings (SSSR count). The van der Waals surface area contributed by atoms with Crippen LogP contribution in [0.25, 0.3) is 0 Å². The molecular formula is C8H8BNO2. The number of methoxy groups -OCH3 is 1. The third kappa shape index (κ3) is 1.58. The number of hydrogen-bond donors (Lipinski definition) is 1. The molecule has 0 aromatic heterocycles. The van der Waals surface area contributed by atoms with Crippen molar-refractivity contribution in [3.63, 3.8) is 0 Å². The Morgan fingerprint density at radius 3 is 2.75 bits per heavy atom. The van der Waals surface area contributed by atoms with Crippen molar-refractivity contribution in [1.82, 2.24) is 0 Å². The Hall–Kier alpha value is -1.45. The Morgan fingerprint density at radius 1 is 1.58 bits per heavy atom. The molecule has 0 bridgehead atoms. The summed E-state index contributed by atoms with van der Waals surface area (Å²) in [5.41, 5.74) is 6.72. The van der Waals surface area contributed by atoms with Crippen molar-refractivity contribution in [3.8, 4) is 0 Å². The second kappa shape index (κ2) is 3.30. The lowest BCUT2D eigenvalue weighted by molar-refractivity contribution is 0.0602. The van der Waals surface area contributed by atoms with Crippen LogP contribution in [0.15, 0.2) is 18.2 Å². The van der Waals surface area contributed by atoms with Gasteiger partial charge in [0.15, 0.2) is 0 Å². The van der Waals surface area contributed by atoms with Gasteiger partial charge in [-0.2, -0.15) is 0 Å². The summed E-state index contributed by atoms with van der Waals surface area (Å²) in [5, 5.41) is 0. The molecule has 0 amide bonds. The van der Waals surface area contributed by atoms with Gasteiger partial charge in [-0.05, 0) is 12.1 Å². The minimum atomic E-state index is -0.451. The largest absolute Gasteiger partial charge is 0.465 e. The van der Waals surface area contributed by atoms with E-state index in [1.54, 1.807) is 6.07 Å². The van der Waals surface area contributed by atoms with E-state index in [1.165, 1.54) is 19.2 Å². The van der Waals surface area contributed by atoms with Gasteiger partial charge < -0.3 is 10.5 Å². The van der Waals surface area contributed by atoms with Crippen molar-refractivity contribution < 1.29 is 9.53 Å². The van der Waals surface area contributed by atoms with Crippen molar-refractivity contribution in [2.75, 3.05) is 12.8 Å². The summed E-state index contributed by atoms with van der Waals surface area (Å²) in [6.07, 6.45) is 0. The second-order valence-electron chi connectivity index (χ2n) is 2.34. The summed E-state index contributed by atoms with van der Waals surface area (Å²) in [4.78, 5) is 11.0. The molecule has 2 radical (unpaired) electrons. The molecule has 0 aliphatic rings. The Kier molecular flexibility index (Phi) is 2.38. The van der Waals surface area contributed by atoms with Gasteiger partial charge in [0.05, 0.1) is 12.7 Å². The highest BCUT2D eigenvalue weighted by molar-refractivity contribution is 6.32. The van der Waals surface area contributed by atoms with E-state index in [0.717, 1.165) is 0 Å². The van der Waals surface area contributed by atoms with Crippen molar-refractivity contribution >= 4 is 25.0 Å². The minimum Gasteiger partial charge on any atom is -0.465 e. The Bertz CT molecular complexity index is 312. The van der Waals surface area contributed by atoms with Crippen LogP contribution in [0.5, 0.6) is 0 Å². The molecule has 4 heteroatoms. The topological polar surface area (TPSA) is 52.3 Å². The van der Waals surface area contributed by atoms with Gasteiger partial charge in [0, 0.05) is 5.69 Å². The normalized spacial score (nSPS) is 9.42. The van der Waals surface area contributed by atoms with Crippen molar-refractivity contribution in [2.24, 2.45) is 0 Å². The van der Waals surface area contributed by atoms with Crippen molar-refractivity contribution in [1.29, 1.82) is 0 Å². The van der Waals surface area contributed by atoms with E-state index in [4.69, 9.17) is 13.6 Å². The van der Waals surface area contributed by atoms with E-state index in [0.29, 0.717) is 16.7 Å². The molecule has 0 spiro atoms. The standard InChI is InChI=1S/C8H8BNO2/c1-12-8(11)6-3-2-5(9)4-7(6)10/h2-4H,10H2,1H3. The number of hydrogen-bond acceptors (Lipinski definition) is 3. The maximum absolute atomic E-state index is 11.0. The molecule has 2 N–H and O–H groups in total. The summed E-state index contributed by atoms with van der Waals surface area (Å²) in [7, 11) is 6.74. The molecule has 1 aromatic rings. The first kappa shape index (κ1) is 8.65. The number of carbonyl (C=O) groups excluding carboxylic acids is 1. The van der Waals surface area contributed by atoms with E-state index >= 15 is 0 Å². The molecule has 0 saturated carbocycles. The average molecular weight is 161 g/mol. The Morgan fingerprint density at radius 2 is 2.25 bits per heavy atom. The third-order valence-electron chi connectivity index (χ3n) is 1.48. The molecule has 0 heterocycles. The summed E-state index contributed by atoms with van der Waals surface area (Å²) < 4.78 is 4.50. The SMILES string of the molecule is [B]c1ccc(C(=O)OC)c(N)c1. The zero-order valence-electron chi connectivity index (χ0n) is 6.70. The molecule has 12 heavy (non-hydrogen) atoms. The maximum Gasteiger partial charge on any atom is 0.339 e. The smallest absolute Gasteiger partial charge is 0.339 e. The van der Waals surface area contributed by atoms with E-state index < -0.39 is 5.97 Å². The number of benzene rings is 1. The molecule has 0 aliphatic heterocycles. The molecule has 0 unspecified atom stereocenters. The van der Waals surface area contributed by atoms with Gasteiger partial charge in [-0.25, -0.2) is 4.79 Å². The second-order valence-corrected chi connectivity index (χ2v) is 2.34. The van der Waals surface area contributed by atoms with Crippen molar-refractivity contribution in [3.05, 3.63) is 23.8 Å². The van der Waals surface area contributed by atoms with E-state index in [-0.39, 0.29) is 0 Å². The van der Waals surface area contributed by atoms with Crippen molar-refractivity contribution in [2.45, 2.75) is 0 Å². The average Bonchev–Trinajstić information content (AvgIpc) is 2.03. The number of nitrogens with two attached hydrogens (primary N) is 1. The third-order valence-corrected chi connectivity index (χ3v) is 1.48. The molecule has 0 fully saturated rings. The van der Waals surface area contributed by atoms with Crippen LogP contribution >= 0.6 is 0 Å². The zero-order chi connectivity index (χ0) is 9.14. The lowest BCUT2D eigenvalue weighted by atomic mass is 9.94. The van der Waals surface area contributed by atoms with Gasteiger partial charge in [-0.1, -0.05) is 11.5 Å². The predicted molar refractivity (Wildman–Crippen MR) is 47.6 cm³/mol. The summed E-state index contributed by atoms with van der Waals surface area (Å²) >= 11 is 0. The lowest BCUT2D eigenvalue weighted by Crippen LogP contribution is -2.10. The fraction of sp³-hybridized carbons (Fsp3) is 0.125. The van der Waals surface area contributed by atoms with Crippen LogP contribution in [0.4, 0.5) is 5.69 Å². The summed E-state index contributed by atoms with van der Waals surface area (Å²) in [6.45, 7) is 0. The highest BCUT2D eigenvalue weighted by atomic mass is 16.5. The highest BCUT2D eigenvalue weighted by Crippen LogP contribution is 2.09. The van der Waals surface area contributed by atoms with E-state index in [1.807, 2.05) is 0 Å². The number of rotatable bonds is 1. The van der Waals surface area contributed by atoms with E-state index in [9.17, 15) is 4.79 Å². The number of anilines is 1. The van der Waals surface area contributed by atoms with Gasteiger partial charge >= 0.3 is 5.97 Å². The lowest BCUT2D eigenvalue weighted by Gasteiger charge is -2.03. The fourth-order valence-corrected chi connectivity index (χ4v) is 0.877. The maximum atomic E-state index is 11.0. The van der Waals surface area contributed by atoms with Crippen LogP contribution in [0.2, 0.25) is 0 Å². The monoisotopic (exact) mass is 161 g/mol. The van der Waals surface area contributed by atoms with Crippen LogP contribution < -0.4 is 11.2 Å². The number of ether oxygens (including phenoxy) is 1. The van der Waals surface area contributed by atoms with Gasteiger partial charge in [-0.3, -0.25) is 0 Å². The molecular weight excluding hydrogens is 153 g/mol. The van der Waals surface area contributed by atoms with Gasteiger partial charge in [0.25, 0.3) is 0 Å². The predicted octanol–water partition coefficient (Wildman–Crippen LogP) is -0.151.